The van der Waals surface area contributed by atoms with Crippen molar-refractivity contribution in [3.8, 4) is 0 Å². The van der Waals surface area contributed by atoms with Crippen LogP contribution >= 0.6 is 11.8 Å². The Bertz CT molecular complexity index is 204. The van der Waals surface area contributed by atoms with Crippen molar-refractivity contribution in [2.45, 2.75) is 0 Å². The van der Waals surface area contributed by atoms with Crippen LogP contribution in [0, 0.1) is 0 Å². The molecule has 0 aromatic heterocycles. The molecule has 3 N–H and O–H groups in total. The Labute approximate surface area is 95.3 Å². The summed E-state index contributed by atoms with van der Waals surface area (Å²) < 4.78 is 0. The van der Waals surface area contributed by atoms with Gasteiger partial charge in [0.25, 0.3) is 0 Å². The van der Waals surface area contributed by atoms with E-state index >= 15 is 0 Å². The van der Waals surface area contributed by atoms with E-state index in [2.05, 4.69) is 21.2 Å². The highest BCUT2D eigenvalue weighted by molar-refractivity contribution is 7.98. The zero-order valence-corrected chi connectivity index (χ0v) is 10.0. The van der Waals surface area contributed by atoms with E-state index < -0.39 is 0 Å². The fourth-order valence-corrected chi connectivity index (χ4v) is 2.09. The van der Waals surface area contributed by atoms with Crippen molar-refractivity contribution < 1.29 is 5.21 Å². The number of nitrogens with two attached hydrogens (primary N) is 1. The van der Waals surface area contributed by atoms with Crippen LogP contribution in [-0.4, -0.2) is 72.1 Å². The van der Waals surface area contributed by atoms with Gasteiger partial charge < -0.3 is 10.9 Å². The van der Waals surface area contributed by atoms with Crippen LogP contribution in [0.4, 0.5) is 0 Å². The summed E-state index contributed by atoms with van der Waals surface area (Å²) in [6.45, 7) is 5.92. The number of oxime groups is 1. The molecule has 88 valence electrons. The number of piperazine rings is 1. The first-order chi connectivity index (χ1) is 7.26. The maximum absolute atomic E-state index is 8.46. The monoisotopic (exact) mass is 232 g/mol. The summed E-state index contributed by atoms with van der Waals surface area (Å²) in [5.41, 5.74) is 5.46. The Hall–Kier alpha value is -0.460. The minimum Gasteiger partial charge on any atom is -0.409 e. The predicted octanol–water partition coefficient (Wildman–Crippen LogP) is -0.287. The van der Waals surface area contributed by atoms with Crippen LogP contribution in [0.25, 0.3) is 0 Å². The first kappa shape index (κ1) is 12.6. The van der Waals surface area contributed by atoms with Crippen LogP contribution < -0.4 is 5.73 Å². The minimum atomic E-state index is 0.299. The van der Waals surface area contributed by atoms with E-state index in [-0.39, 0.29) is 0 Å². The lowest BCUT2D eigenvalue weighted by Crippen LogP contribution is -2.49. The summed E-state index contributed by atoms with van der Waals surface area (Å²) in [6.07, 6.45) is 2.13. The number of thioether (sulfide) groups is 1. The fraction of sp³-hybridized carbons (Fsp3) is 0.889. The van der Waals surface area contributed by atoms with Gasteiger partial charge in [0.2, 0.25) is 0 Å². The van der Waals surface area contributed by atoms with Crippen molar-refractivity contribution in [3.63, 3.8) is 0 Å². The van der Waals surface area contributed by atoms with Crippen LogP contribution in [0.15, 0.2) is 5.16 Å². The van der Waals surface area contributed by atoms with Crippen molar-refractivity contribution >= 4 is 17.6 Å². The molecular formula is C9H20N4OS. The number of nitrogens with zero attached hydrogens (tertiary/aromatic N) is 3. The number of rotatable bonds is 5. The highest BCUT2D eigenvalue weighted by atomic mass is 32.2. The van der Waals surface area contributed by atoms with Crippen LogP contribution in [0.1, 0.15) is 0 Å². The predicted molar refractivity (Wildman–Crippen MR) is 64.7 cm³/mol. The van der Waals surface area contributed by atoms with Crippen molar-refractivity contribution in [2.24, 2.45) is 10.9 Å². The molecule has 1 rings (SSSR count). The van der Waals surface area contributed by atoms with Gasteiger partial charge in [0.1, 0.15) is 0 Å². The van der Waals surface area contributed by atoms with Crippen molar-refractivity contribution in [3.05, 3.63) is 0 Å². The maximum Gasteiger partial charge on any atom is 0.153 e. The summed E-state index contributed by atoms with van der Waals surface area (Å²) in [5.74, 6) is 1.49. The molecule has 15 heavy (non-hydrogen) atoms. The summed E-state index contributed by atoms with van der Waals surface area (Å²) in [7, 11) is 0. The molecule has 0 saturated carbocycles. The third-order valence-electron chi connectivity index (χ3n) is 2.59. The second-order valence-electron chi connectivity index (χ2n) is 3.70. The molecule has 0 atom stereocenters. The van der Waals surface area contributed by atoms with Gasteiger partial charge in [-0.1, -0.05) is 5.16 Å². The molecule has 1 aliphatic rings. The third kappa shape index (κ3) is 4.72. The molecule has 0 unspecified atom stereocenters. The van der Waals surface area contributed by atoms with Gasteiger partial charge in [-0.05, 0) is 6.26 Å². The molecule has 1 fully saturated rings. The van der Waals surface area contributed by atoms with Gasteiger partial charge in [0.05, 0.1) is 6.54 Å². The van der Waals surface area contributed by atoms with Crippen molar-refractivity contribution in [2.75, 3.05) is 51.3 Å². The standard InChI is InChI=1S/C9H20N4OS/c1-15-7-6-12-2-4-13(5-3-12)8-9(10)11-14/h14H,2-8H2,1H3,(H2,10,11). The molecule has 0 aliphatic carbocycles. The quantitative estimate of drug-likeness (QED) is 0.295. The second-order valence-corrected chi connectivity index (χ2v) is 4.69. The van der Waals surface area contributed by atoms with Crippen molar-refractivity contribution in [1.29, 1.82) is 0 Å². The smallest absolute Gasteiger partial charge is 0.153 e. The van der Waals surface area contributed by atoms with Gasteiger partial charge in [0.15, 0.2) is 5.84 Å². The molecule has 0 amide bonds. The molecule has 0 aromatic carbocycles. The summed E-state index contributed by atoms with van der Waals surface area (Å²) in [5, 5.41) is 11.4. The molecule has 1 heterocycles. The summed E-state index contributed by atoms with van der Waals surface area (Å²) in [4.78, 5) is 4.67. The van der Waals surface area contributed by atoms with Crippen LogP contribution in [0.5, 0.6) is 0 Å². The molecule has 5 nitrogen and oxygen atoms in total. The average Bonchev–Trinajstić information content (AvgIpc) is 2.28. The number of hydrogen-bond donors (Lipinski definition) is 2. The molecule has 0 bridgehead atoms. The van der Waals surface area contributed by atoms with Crippen LogP contribution in [0.3, 0.4) is 0 Å². The average molecular weight is 232 g/mol. The van der Waals surface area contributed by atoms with Gasteiger partial charge >= 0.3 is 0 Å². The molecular weight excluding hydrogens is 212 g/mol. The maximum atomic E-state index is 8.46. The van der Waals surface area contributed by atoms with E-state index in [9.17, 15) is 0 Å². The largest absolute Gasteiger partial charge is 0.409 e. The zero-order valence-electron chi connectivity index (χ0n) is 9.22. The Morgan fingerprint density at radius 1 is 1.33 bits per heavy atom. The van der Waals surface area contributed by atoms with Gasteiger partial charge in [-0.2, -0.15) is 11.8 Å². The van der Waals surface area contributed by atoms with Gasteiger partial charge in [-0.25, -0.2) is 0 Å². The van der Waals surface area contributed by atoms with E-state index in [1.54, 1.807) is 0 Å². The molecule has 0 spiro atoms. The first-order valence-electron chi connectivity index (χ1n) is 5.16. The Morgan fingerprint density at radius 3 is 2.47 bits per heavy atom. The van der Waals surface area contributed by atoms with Gasteiger partial charge in [-0.15, -0.1) is 0 Å². The minimum absolute atomic E-state index is 0.299. The zero-order chi connectivity index (χ0) is 11.1. The van der Waals surface area contributed by atoms with Crippen LogP contribution in [-0.2, 0) is 0 Å². The Balaban J connectivity index is 2.18. The van der Waals surface area contributed by atoms with E-state index in [0.29, 0.717) is 12.4 Å². The Morgan fingerprint density at radius 2 is 1.93 bits per heavy atom. The first-order valence-corrected chi connectivity index (χ1v) is 6.55. The molecule has 1 aliphatic heterocycles. The second kappa shape index (κ2) is 6.92. The normalized spacial score (nSPS) is 20.7. The lowest BCUT2D eigenvalue weighted by Gasteiger charge is -2.34. The Kier molecular flexibility index (Phi) is 5.82. The van der Waals surface area contributed by atoms with Crippen LogP contribution in [0.2, 0.25) is 0 Å². The molecule has 1 saturated heterocycles. The summed E-state index contributed by atoms with van der Waals surface area (Å²) >= 11 is 1.88. The lowest BCUT2D eigenvalue weighted by molar-refractivity contribution is 0.151. The van der Waals surface area contributed by atoms with E-state index in [1.807, 2.05) is 11.8 Å². The van der Waals surface area contributed by atoms with E-state index in [0.717, 1.165) is 26.2 Å². The molecule has 0 radical (unpaired) electrons. The van der Waals surface area contributed by atoms with Crippen molar-refractivity contribution in [1.82, 2.24) is 9.80 Å². The highest BCUT2D eigenvalue weighted by Gasteiger charge is 2.16. The molecule has 0 aromatic rings. The fourth-order valence-electron chi connectivity index (χ4n) is 1.65. The topological polar surface area (TPSA) is 65.1 Å². The van der Waals surface area contributed by atoms with Gasteiger partial charge in [0, 0.05) is 38.5 Å². The number of amidine groups is 1. The molecule has 6 heteroatoms. The SMILES string of the molecule is CSCCN1CCN(CC(N)=NO)CC1. The number of hydrogen-bond acceptors (Lipinski definition) is 5. The lowest BCUT2D eigenvalue weighted by atomic mass is 10.3. The van der Waals surface area contributed by atoms with E-state index in [1.165, 1.54) is 12.3 Å². The highest BCUT2D eigenvalue weighted by Crippen LogP contribution is 2.02. The van der Waals surface area contributed by atoms with E-state index in [4.69, 9.17) is 10.9 Å². The summed E-state index contributed by atoms with van der Waals surface area (Å²) in [6, 6.07) is 0. The van der Waals surface area contributed by atoms with Gasteiger partial charge in [-0.3, -0.25) is 9.80 Å². The third-order valence-corrected chi connectivity index (χ3v) is 3.18.